The van der Waals surface area contributed by atoms with Gasteiger partial charge in [0.2, 0.25) is 0 Å². The third-order valence-electron chi connectivity index (χ3n) is 4.23. The maximum atomic E-state index is 9.25. The lowest BCUT2D eigenvalue weighted by Gasteiger charge is -2.06. The molecule has 0 aliphatic carbocycles. The molecule has 0 amide bonds. The summed E-state index contributed by atoms with van der Waals surface area (Å²) >= 11 is 6.20. The molecule has 2 N–H and O–H groups in total. The van der Waals surface area contributed by atoms with E-state index >= 15 is 0 Å². The summed E-state index contributed by atoms with van der Waals surface area (Å²) in [6.45, 7) is 2.21. The Morgan fingerprint density at radius 1 is 1.15 bits per heavy atom. The first-order valence-electron chi connectivity index (χ1n) is 8.32. The molecule has 1 aromatic carbocycles. The lowest BCUT2D eigenvalue weighted by atomic mass is 10.00. The molecule has 0 aliphatic heterocycles. The first-order valence-corrected chi connectivity index (χ1v) is 8.70. The summed E-state index contributed by atoms with van der Waals surface area (Å²) in [5.74, 6) is 0. The third-order valence-corrected chi connectivity index (χ3v) is 4.42. The van der Waals surface area contributed by atoms with Crippen LogP contribution in [0.3, 0.4) is 0 Å². The highest BCUT2D eigenvalue weighted by Crippen LogP contribution is 2.35. The molecule has 3 heterocycles. The number of fused-ring (bicyclic) bond motifs is 1. The molecule has 0 bridgehead atoms. The second-order valence-corrected chi connectivity index (χ2v) is 6.51. The number of halogens is 1. The average Bonchev–Trinajstić information content (AvgIpc) is 3.05. The Morgan fingerprint density at radius 2 is 2.00 bits per heavy atom. The lowest BCUT2D eigenvalue weighted by Crippen LogP contribution is -2.01. The van der Waals surface area contributed by atoms with Crippen LogP contribution in [0.4, 0.5) is 0 Å². The smallest absolute Gasteiger partial charge is 0.163 e. The topological polar surface area (TPSA) is 92.9 Å². The molecule has 0 aliphatic rings. The number of hydrogen-bond acceptors (Lipinski definition) is 5. The van der Waals surface area contributed by atoms with Gasteiger partial charge in [0.05, 0.1) is 22.9 Å². The van der Waals surface area contributed by atoms with Crippen molar-refractivity contribution >= 4 is 17.2 Å². The molecular formula is C20H15ClN6. The van der Waals surface area contributed by atoms with Crippen LogP contribution < -0.4 is 5.73 Å². The highest BCUT2D eigenvalue weighted by Gasteiger charge is 2.19. The van der Waals surface area contributed by atoms with Gasteiger partial charge in [0.15, 0.2) is 5.65 Å². The molecule has 0 saturated carbocycles. The van der Waals surface area contributed by atoms with Crippen molar-refractivity contribution in [3.8, 4) is 28.5 Å². The molecule has 0 unspecified atom stereocenters. The number of nitrogens with two attached hydrogens (primary N) is 1. The predicted octanol–water partition coefficient (Wildman–Crippen LogP) is 3.75. The summed E-state index contributed by atoms with van der Waals surface area (Å²) in [7, 11) is 0. The second-order valence-electron chi connectivity index (χ2n) is 6.13. The first-order chi connectivity index (χ1) is 13.1. The van der Waals surface area contributed by atoms with Crippen LogP contribution in [0.1, 0.15) is 17.0 Å². The van der Waals surface area contributed by atoms with Crippen molar-refractivity contribution in [2.45, 2.75) is 13.5 Å². The summed E-state index contributed by atoms with van der Waals surface area (Å²) in [6, 6.07) is 15.1. The van der Waals surface area contributed by atoms with Crippen molar-refractivity contribution in [2.75, 3.05) is 0 Å². The van der Waals surface area contributed by atoms with E-state index in [1.165, 1.54) is 0 Å². The Kier molecular flexibility index (Phi) is 4.32. The standard InChI is InChI=1S/C20H15ClN6/c1-12-7-15(9-17(21)24-12)18-19(14-4-2-3-13(8-14)10-22)26-27-6-5-16(11-23)25-20(18)27/h2-9H,11,23H2,1H3. The van der Waals surface area contributed by atoms with E-state index in [4.69, 9.17) is 22.4 Å². The minimum Gasteiger partial charge on any atom is -0.325 e. The number of benzene rings is 1. The summed E-state index contributed by atoms with van der Waals surface area (Å²) in [5.41, 5.74) is 11.8. The number of nitrogens with zero attached hydrogens (tertiary/aromatic N) is 5. The molecule has 6 nitrogen and oxygen atoms in total. The van der Waals surface area contributed by atoms with Gasteiger partial charge in [0, 0.05) is 24.0 Å². The molecule has 0 radical (unpaired) electrons. The molecule has 27 heavy (non-hydrogen) atoms. The normalized spacial score (nSPS) is 10.9. The van der Waals surface area contributed by atoms with E-state index in [-0.39, 0.29) is 0 Å². The van der Waals surface area contributed by atoms with E-state index in [0.717, 1.165) is 33.8 Å². The Balaban J connectivity index is 2.07. The number of hydrogen-bond donors (Lipinski definition) is 1. The second kappa shape index (κ2) is 6.80. The van der Waals surface area contributed by atoms with Crippen LogP contribution in [0.2, 0.25) is 5.15 Å². The number of nitriles is 1. The predicted molar refractivity (Wildman–Crippen MR) is 104 cm³/mol. The van der Waals surface area contributed by atoms with Gasteiger partial charge in [-0.1, -0.05) is 23.7 Å². The van der Waals surface area contributed by atoms with Gasteiger partial charge in [-0.05, 0) is 42.8 Å². The van der Waals surface area contributed by atoms with Crippen molar-refractivity contribution in [3.63, 3.8) is 0 Å². The van der Waals surface area contributed by atoms with Crippen LogP contribution in [0.5, 0.6) is 0 Å². The Labute approximate surface area is 160 Å². The van der Waals surface area contributed by atoms with Crippen molar-refractivity contribution in [3.05, 3.63) is 70.8 Å². The summed E-state index contributed by atoms with van der Waals surface area (Å²) in [4.78, 5) is 8.91. The third kappa shape index (κ3) is 3.14. The minimum atomic E-state index is 0.330. The Morgan fingerprint density at radius 3 is 2.74 bits per heavy atom. The van der Waals surface area contributed by atoms with Crippen molar-refractivity contribution in [1.82, 2.24) is 19.6 Å². The Hall–Kier alpha value is -3.27. The number of aromatic nitrogens is 4. The van der Waals surface area contributed by atoms with Crippen LogP contribution in [-0.2, 0) is 6.54 Å². The molecule has 3 aromatic heterocycles. The zero-order chi connectivity index (χ0) is 19.0. The first kappa shape index (κ1) is 17.2. The molecule has 4 aromatic rings. The largest absolute Gasteiger partial charge is 0.325 e. The zero-order valence-corrected chi connectivity index (χ0v) is 15.3. The zero-order valence-electron chi connectivity index (χ0n) is 14.5. The SMILES string of the molecule is Cc1cc(-c2c(-c3cccc(C#N)c3)nn3ccc(CN)nc23)cc(Cl)n1. The fourth-order valence-electron chi connectivity index (χ4n) is 3.06. The van der Waals surface area contributed by atoms with Crippen LogP contribution in [0.15, 0.2) is 48.7 Å². The van der Waals surface area contributed by atoms with Gasteiger partial charge in [0.25, 0.3) is 0 Å². The maximum absolute atomic E-state index is 9.25. The summed E-state index contributed by atoms with van der Waals surface area (Å²) in [6.07, 6.45) is 1.83. The monoisotopic (exact) mass is 374 g/mol. The van der Waals surface area contributed by atoms with Gasteiger partial charge in [-0.25, -0.2) is 14.5 Å². The van der Waals surface area contributed by atoms with Crippen LogP contribution in [0, 0.1) is 18.3 Å². The van der Waals surface area contributed by atoms with Gasteiger partial charge < -0.3 is 5.73 Å². The van der Waals surface area contributed by atoms with E-state index < -0.39 is 0 Å². The van der Waals surface area contributed by atoms with Gasteiger partial charge in [-0.3, -0.25) is 0 Å². The Bertz CT molecular complexity index is 1180. The molecule has 132 valence electrons. The van der Waals surface area contributed by atoms with E-state index in [0.29, 0.717) is 22.9 Å². The molecular weight excluding hydrogens is 360 g/mol. The molecule has 4 rings (SSSR count). The van der Waals surface area contributed by atoms with Crippen molar-refractivity contribution in [1.29, 1.82) is 5.26 Å². The maximum Gasteiger partial charge on any atom is 0.163 e. The fraction of sp³-hybridized carbons (Fsp3) is 0.100. The number of aryl methyl sites for hydroxylation is 1. The molecule has 0 atom stereocenters. The average molecular weight is 375 g/mol. The van der Waals surface area contributed by atoms with Crippen molar-refractivity contribution in [2.24, 2.45) is 5.73 Å². The number of pyridine rings is 1. The lowest BCUT2D eigenvalue weighted by molar-refractivity contribution is 0.905. The van der Waals surface area contributed by atoms with E-state index in [1.807, 2.05) is 43.5 Å². The molecule has 0 spiro atoms. The van der Waals surface area contributed by atoms with Gasteiger partial charge >= 0.3 is 0 Å². The molecule has 0 fully saturated rings. The van der Waals surface area contributed by atoms with E-state index in [9.17, 15) is 5.26 Å². The summed E-state index contributed by atoms with van der Waals surface area (Å²) in [5, 5.41) is 14.4. The molecule has 0 saturated heterocycles. The minimum absolute atomic E-state index is 0.330. The van der Waals surface area contributed by atoms with Gasteiger partial charge in [-0.15, -0.1) is 0 Å². The summed E-state index contributed by atoms with van der Waals surface area (Å²) < 4.78 is 1.71. The van der Waals surface area contributed by atoms with Crippen LogP contribution in [0.25, 0.3) is 28.0 Å². The van der Waals surface area contributed by atoms with Crippen molar-refractivity contribution < 1.29 is 0 Å². The van der Waals surface area contributed by atoms with E-state index in [2.05, 4.69) is 16.0 Å². The fourth-order valence-corrected chi connectivity index (χ4v) is 3.31. The van der Waals surface area contributed by atoms with E-state index in [1.54, 1.807) is 16.6 Å². The van der Waals surface area contributed by atoms with Gasteiger partial charge in [0.1, 0.15) is 10.8 Å². The van der Waals surface area contributed by atoms with Crippen LogP contribution in [-0.4, -0.2) is 19.6 Å². The van der Waals surface area contributed by atoms with Crippen LogP contribution >= 0.6 is 11.6 Å². The van der Waals surface area contributed by atoms with Gasteiger partial charge in [-0.2, -0.15) is 10.4 Å². The highest BCUT2D eigenvalue weighted by atomic mass is 35.5. The highest BCUT2D eigenvalue weighted by molar-refractivity contribution is 6.29. The quantitative estimate of drug-likeness (QED) is 0.551. The number of rotatable bonds is 3. The molecule has 7 heteroatoms.